The smallest absolute Gasteiger partial charge is 0.0962 e. The Morgan fingerprint density at radius 1 is 1.36 bits per heavy atom. The minimum absolute atomic E-state index is 0.0378. The summed E-state index contributed by atoms with van der Waals surface area (Å²) in [6.07, 6.45) is 5.82. The van der Waals surface area contributed by atoms with E-state index in [4.69, 9.17) is 0 Å². The maximum Gasteiger partial charge on any atom is 0.0962 e. The van der Waals surface area contributed by atoms with Gasteiger partial charge >= 0.3 is 0 Å². The standard InChI is InChI=1S/C13H25F/c1-6-8-9-13(5,11(3)4)10-12(14)7-2/h10-11H,6-9H2,1-5H3/b12-10+. The van der Waals surface area contributed by atoms with Crippen LogP contribution in [0.5, 0.6) is 0 Å². The third-order valence-corrected chi connectivity index (χ3v) is 3.21. The number of unbranched alkanes of at least 4 members (excludes halogenated alkanes) is 1. The van der Waals surface area contributed by atoms with E-state index in [1.807, 2.05) is 13.0 Å². The van der Waals surface area contributed by atoms with E-state index in [9.17, 15) is 4.39 Å². The molecule has 0 amide bonds. The molecule has 0 N–H and O–H groups in total. The van der Waals surface area contributed by atoms with E-state index >= 15 is 0 Å². The summed E-state index contributed by atoms with van der Waals surface area (Å²) in [7, 11) is 0. The molecule has 0 aliphatic rings. The fourth-order valence-electron chi connectivity index (χ4n) is 1.55. The van der Waals surface area contributed by atoms with E-state index in [-0.39, 0.29) is 11.2 Å². The fraction of sp³-hybridized carbons (Fsp3) is 0.846. The summed E-state index contributed by atoms with van der Waals surface area (Å²) in [4.78, 5) is 0. The monoisotopic (exact) mass is 200 g/mol. The minimum atomic E-state index is 0.0378. The van der Waals surface area contributed by atoms with Crippen molar-refractivity contribution in [2.45, 2.75) is 60.3 Å². The van der Waals surface area contributed by atoms with Crippen LogP contribution in [0.25, 0.3) is 0 Å². The predicted octanol–water partition coefficient (Wildman–Crippen LogP) is 5.10. The Balaban J connectivity index is 4.54. The van der Waals surface area contributed by atoms with Crippen molar-refractivity contribution in [3.05, 3.63) is 11.9 Å². The summed E-state index contributed by atoms with van der Waals surface area (Å²) in [5.41, 5.74) is 0.0378. The van der Waals surface area contributed by atoms with Gasteiger partial charge in [0.1, 0.15) is 0 Å². The Bertz CT molecular complexity index is 182. The van der Waals surface area contributed by atoms with Crippen LogP contribution in [0.4, 0.5) is 4.39 Å². The van der Waals surface area contributed by atoms with Gasteiger partial charge in [0.15, 0.2) is 0 Å². The average Bonchev–Trinajstić information content (AvgIpc) is 2.14. The van der Waals surface area contributed by atoms with Crippen LogP contribution in [-0.2, 0) is 0 Å². The first-order valence-electron chi connectivity index (χ1n) is 5.83. The molecule has 0 aromatic carbocycles. The molecule has 1 atom stereocenters. The number of allylic oxidation sites excluding steroid dienone is 2. The molecule has 0 spiro atoms. The van der Waals surface area contributed by atoms with Crippen LogP contribution in [0.3, 0.4) is 0 Å². The molecule has 0 radical (unpaired) electrons. The highest BCUT2D eigenvalue weighted by Crippen LogP contribution is 2.36. The maximum atomic E-state index is 13.3. The normalized spacial score (nSPS) is 17.2. The molecule has 0 saturated heterocycles. The molecule has 0 nitrogen and oxygen atoms in total. The van der Waals surface area contributed by atoms with Gasteiger partial charge in [-0.15, -0.1) is 0 Å². The third kappa shape index (κ3) is 4.26. The highest BCUT2D eigenvalue weighted by Gasteiger charge is 2.25. The second-order valence-electron chi connectivity index (χ2n) is 4.71. The molecule has 0 rings (SSSR count). The Hall–Kier alpha value is -0.330. The van der Waals surface area contributed by atoms with Crippen LogP contribution < -0.4 is 0 Å². The van der Waals surface area contributed by atoms with Gasteiger partial charge in [-0.05, 0) is 30.3 Å². The zero-order valence-corrected chi connectivity index (χ0v) is 10.4. The van der Waals surface area contributed by atoms with Crippen molar-refractivity contribution in [1.82, 2.24) is 0 Å². The lowest BCUT2D eigenvalue weighted by Gasteiger charge is -2.30. The van der Waals surface area contributed by atoms with Crippen molar-refractivity contribution in [1.29, 1.82) is 0 Å². The Morgan fingerprint density at radius 3 is 2.29 bits per heavy atom. The lowest BCUT2D eigenvalue weighted by Crippen LogP contribution is -2.21. The Labute approximate surface area is 88.6 Å². The summed E-state index contributed by atoms with van der Waals surface area (Å²) < 4.78 is 13.3. The molecule has 0 saturated carbocycles. The van der Waals surface area contributed by atoms with Crippen molar-refractivity contribution in [3.8, 4) is 0 Å². The first-order chi connectivity index (χ1) is 6.46. The van der Waals surface area contributed by atoms with Gasteiger partial charge in [0.2, 0.25) is 0 Å². The van der Waals surface area contributed by atoms with Crippen LogP contribution in [0, 0.1) is 11.3 Å². The SMILES string of the molecule is CCCCC(C)(/C=C(/F)CC)C(C)C. The summed E-state index contributed by atoms with van der Waals surface area (Å²) >= 11 is 0. The van der Waals surface area contributed by atoms with Crippen LogP contribution in [0.1, 0.15) is 60.3 Å². The molecule has 1 heteroatoms. The molecular formula is C13H25F. The number of hydrogen-bond acceptors (Lipinski definition) is 0. The summed E-state index contributed by atoms with van der Waals surface area (Å²) in [5.74, 6) is 0.545. The van der Waals surface area contributed by atoms with Crippen LogP contribution in [0.2, 0.25) is 0 Å². The fourth-order valence-corrected chi connectivity index (χ4v) is 1.55. The lowest BCUT2D eigenvalue weighted by molar-refractivity contribution is 0.261. The van der Waals surface area contributed by atoms with Crippen molar-refractivity contribution >= 4 is 0 Å². The molecule has 0 bridgehead atoms. The molecule has 0 aromatic heterocycles. The summed E-state index contributed by atoms with van der Waals surface area (Å²) in [6.45, 7) is 10.6. The Kier molecular flexibility index (Phi) is 6.06. The first kappa shape index (κ1) is 13.7. The predicted molar refractivity (Wildman–Crippen MR) is 62.0 cm³/mol. The van der Waals surface area contributed by atoms with Gasteiger partial charge in [0.25, 0.3) is 0 Å². The summed E-state index contributed by atoms with van der Waals surface area (Å²) in [5, 5.41) is 0. The number of rotatable bonds is 6. The quantitative estimate of drug-likeness (QED) is 0.559. The summed E-state index contributed by atoms with van der Waals surface area (Å²) in [6, 6.07) is 0. The molecule has 84 valence electrons. The van der Waals surface area contributed by atoms with E-state index in [2.05, 4.69) is 27.7 Å². The topological polar surface area (TPSA) is 0 Å². The van der Waals surface area contributed by atoms with Crippen LogP contribution in [0.15, 0.2) is 11.9 Å². The number of halogens is 1. The minimum Gasteiger partial charge on any atom is -0.212 e. The average molecular weight is 200 g/mol. The molecular weight excluding hydrogens is 175 g/mol. The third-order valence-electron chi connectivity index (χ3n) is 3.21. The second-order valence-corrected chi connectivity index (χ2v) is 4.71. The van der Waals surface area contributed by atoms with Crippen LogP contribution >= 0.6 is 0 Å². The van der Waals surface area contributed by atoms with E-state index in [0.717, 1.165) is 6.42 Å². The van der Waals surface area contributed by atoms with Gasteiger partial charge in [-0.2, -0.15) is 0 Å². The first-order valence-corrected chi connectivity index (χ1v) is 5.83. The Morgan fingerprint density at radius 2 is 1.93 bits per heavy atom. The van der Waals surface area contributed by atoms with Crippen LogP contribution in [-0.4, -0.2) is 0 Å². The lowest BCUT2D eigenvalue weighted by atomic mass is 9.75. The van der Waals surface area contributed by atoms with Crippen molar-refractivity contribution in [2.75, 3.05) is 0 Å². The zero-order valence-electron chi connectivity index (χ0n) is 10.4. The highest BCUT2D eigenvalue weighted by atomic mass is 19.1. The van der Waals surface area contributed by atoms with Gasteiger partial charge in [-0.25, -0.2) is 4.39 Å². The van der Waals surface area contributed by atoms with Crippen molar-refractivity contribution in [2.24, 2.45) is 11.3 Å². The molecule has 0 heterocycles. The van der Waals surface area contributed by atoms with Crippen molar-refractivity contribution in [3.63, 3.8) is 0 Å². The van der Waals surface area contributed by atoms with Gasteiger partial charge in [0.05, 0.1) is 5.83 Å². The molecule has 0 fully saturated rings. The molecule has 14 heavy (non-hydrogen) atoms. The maximum absolute atomic E-state index is 13.3. The molecule has 0 aliphatic carbocycles. The molecule has 0 aliphatic heterocycles. The van der Waals surface area contributed by atoms with E-state index in [1.54, 1.807) is 0 Å². The second kappa shape index (κ2) is 6.21. The van der Waals surface area contributed by atoms with Crippen molar-refractivity contribution < 1.29 is 4.39 Å². The largest absolute Gasteiger partial charge is 0.212 e. The zero-order chi connectivity index (χ0) is 11.2. The van der Waals surface area contributed by atoms with Gasteiger partial charge in [0, 0.05) is 0 Å². The molecule has 0 aromatic rings. The van der Waals surface area contributed by atoms with E-state index in [1.165, 1.54) is 12.8 Å². The molecule has 1 unspecified atom stereocenters. The number of hydrogen-bond donors (Lipinski definition) is 0. The van der Waals surface area contributed by atoms with E-state index in [0.29, 0.717) is 12.3 Å². The van der Waals surface area contributed by atoms with Gasteiger partial charge in [-0.1, -0.05) is 47.5 Å². The van der Waals surface area contributed by atoms with Gasteiger partial charge < -0.3 is 0 Å². The van der Waals surface area contributed by atoms with Gasteiger partial charge in [-0.3, -0.25) is 0 Å². The highest BCUT2D eigenvalue weighted by molar-refractivity contribution is 5.03. The van der Waals surface area contributed by atoms with E-state index < -0.39 is 0 Å².